The molecule has 0 bridgehead atoms. The van der Waals surface area contributed by atoms with Crippen LogP contribution in [0.2, 0.25) is 0 Å². The van der Waals surface area contributed by atoms with E-state index in [9.17, 15) is 9.18 Å². The molecule has 0 aliphatic carbocycles. The summed E-state index contributed by atoms with van der Waals surface area (Å²) in [4.78, 5) is 18.4. The highest BCUT2D eigenvalue weighted by molar-refractivity contribution is 5.77. The van der Waals surface area contributed by atoms with Gasteiger partial charge in [0, 0.05) is 31.3 Å². The first kappa shape index (κ1) is 15.6. The van der Waals surface area contributed by atoms with E-state index in [2.05, 4.69) is 17.1 Å². The largest absolute Gasteiger partial charge is 0.342 e. The molecule has 0 radical (unpaired) electrons. The number of hydrogen-bond acceptors (Lipinski definition) is 4. The van der Waals surface area contributed by atoms with E-state index in [4.69, 9.17) is 4.52 Å². The molecule has 0 saturated carbocycles. The minimum absolute atomic E-state index is 0.0895. The minimum atomic E-state index is -0.238. The van der Waals surface area contributed by atoms with Gasteiger partial charge in [0.2, 0.25) is 11.8 Å². The molecule has 2 aromatic rings. The minimum Gasteiger partial charge on any atom is -0.342 e. The monoisotopic (exact) mass is 317 g/mol. The van der Waals surface area contributed by atoms with E-state index < -0.39 is 0 Å². The van der Waals surface area contributed by atoms with Gasteiger partial charge >= 0.3 is 0 Å². The Morgan fingerprint density at radius 3 is 2.78 bits per heavy atom. The van der Waals surface area contributed by atoms with Crippen LogP contribution in [0, 0.1) is 12.7 Å². The molecule has 1 amide bonds. The van der Waals surface area contributed by atoms with Crippen LogP contribution in [0.5, 0.6) is 0 Å². The van der Waals surface area contributed by atoms with Crippen molar-refractivity contribution in [2.75, 3.05) is 13.1 Å². The lowest BCUT2D eigenvalue weighted by molar-refractivity contribution is -0.130. The van der Waals surface area contributed by atoms with Crippen molar-refractivity contribution >= 4 is 5.91 Å². The summed E-state index contributed by atoms with van der Waals surface area (Å²) < 4.78 is 18.1. The normalized spacial score (nSPS) is 20.9. The molecule has 1 unspecified atom stereocenters. The first-order chi connectivity index (χ1) is 11.0. The van der Waals surface area contributed by atoms with Crippen molar-refractivity contribution in [3.63, 3.8) is 0 Å². The molecule has 2 heterocycles. The fourth-order valence-electron chi connectivity index (χ4n) is 3.08. The molecule has 3 rings (SSSR count). The number of amides is 1. The van der Waals surface area contributed by atoms with E-state index in [0.29, 0.717) is 31.1 Å². The van der Waals surface area contributed by atoms with Crippen molar-refractivity contribution in [1.29, 1.82) is 0 Å². The highest BCUT2D eigenvalue weighted by atomic mass is 19.1. The summed E-state index contributed by atoms with van der Waals surface area (Å²) in [6, 6.07) is 6.57. The zero-order chi connectivity index (χ0) is 16.4. The third-order valence-corrected chi connectivity index (χ3v) is 4.49. The van der Waals surface area contributed by atoms with E-state index >= 15 is 0 Å². The summed E-state index contributed by atoms with van der Waals surface area (Å²) in [6.07, 6.45) is 1.70. The molecular formula is C17H20FN3O2. The van der Waals surface area contributed by atoms with Crippen LogP contribution in [0.4, 0.5) is 4.39 Å². The number of carbonyl (C=O) groups is 1. The highest BCUT2D eigenvalue weighted by Crippen LogP contribution is 2.34. The SMILES string of the molecule is Cc1noc(CCC(=O)N2CCC(C)(c3ccc(F)cc3)C2)n1. The Balaban J connectivity index is 1.60. The number of aromatic nitrogens is 2. The van der Waals surface area contributed by atoms with Crippen LogP contribution in [0.1, 0.15) is 37.0 Å². The van der Waals surface area contributed by atoms with E-state index in [1.54, 1.807) is 6.92 Å². The summed E-state index contributed by atoms with van der Waals surface area (Å²) in [5.74, 6) is 0.929. The number of nitrogens with zero attached hydrogens (tertiary/aromatic N) is 3. The van der Waals surface area contributed by atoms with Gasteiger partial charge in [-0.05, 0) is 31.0 Å². The Morgan fingerprint density at radius 2 is 2.13 bits per heavy atom. The van der Waals surface area contributed by atoms with Gasteiger partial charge in [-0.25, -0.2) is 4.39 Å². The van der Waals surface area contributed by atoms with Crippen LogP contribution in [0.3, 0.4) is 0 Å². The third-order valence-electron chi connectivity index (χ3n) is 4.49. The maximum Gasteiger partial charge on any atom is 0.227 e. The zero-order valence-corrected chi connectivity index (χ0v) is 13.4. The standard InChI is InChI=1S/C17H20FN3O2/c1-12-19-15(23-20-12)7-8-16(22)21-10-9-17(2,11-21)13-3-5-14(18)6-4-13/h3-6H,7-11H2,1-2H3. The lowest BCUT2D eigenvalue weighted by Crippen LogP contribution is -2.33. The molecule has 1 aliphatic rings. The maximum atomic E-state index is 13.1. The first-order valence-electron chi connectivity index (χ1n) is 7.79. The average Bonchev–Trinajstić information content (AvgIpc) is 3.12. The Labute approximate surface area is 134 Å². The quantitative estimate of drug-likeness (QED) is 0.870. The van der Waals surface area contributed by atoms with Gasteiger partial charge in [-0.1, -0.05) is 24.2 Å². The number of likely N-dealkylation sites (tertiary alicyclic amines) is 1. The van der Waals surface area contributed by atoms with E-state index in [0.717, 1.165) is 18.5 Å². The summed E-state index contributed by atoms with van der Waals surface area (Å²) in [5, 5.41) is 3.72. The second kappa shape index (κ2) is 6.10. The van der Waals surface area contributed by atoms with Crippen molar-refractivity contribution in [3.05, 3.63) is 47.4 Å². The number of carbonyl (C=O) groups excluding carboxylic acids is 1. The maximum absolute atomic E-state index is 13.1. The van der Waals surface area contributed by atoms with Crippen LogP contribution in [-0.2, 0) is 16.6 Å². The topological polar surface area (TPSA) is 59.2 Å². The summed E-state index contributed by atoms with van der Waals surface area (Å²) in [5.41, 5.74) is 0.950. The Kier molecular flexibility index (Phi) is 4.15. The molecule has 23 heavy (non-hydrogen) atoms. The first-order valence-corrected chi connectivity index (χ1v) is 7.79. The molecule has 1 atom stereocenters. The molecule has 1 fully saturated rings. The zero-order valence-electron chi connectivity index (χ0n) is 13.4. The number of rotatable bonds is 4. The molecule has 5 nitrogen and oxygen atoms in total. The summed E-state index contributed by atoms with van der Waals surface area (Å²) in [6.45, 7) is 5.24. The number of halogens is 1. The predicted molar refractivity (Wildman–Crippen MR) is 82.3 cm³/mol. The average molecular weight is 317 g/mol. The lowest BCUT2D eigenvalue weighted by Gasteiger charge is -2.25. The van der Waals surface area contributed by atoms with E-state index in [1.165, 1.54) is 12.1 Å². The lowest BCUT2D eigenvalue weighted by atomic mass is 9.82. The molecule has 6 heteroatoms. The van der Waals surface area contributed by atoms with Crippen molar-refractivity contribution in [1.82, 2.24) is 15.0 Å². The van der Waals surface area contributed by atoms with Crippen molar-refractivity contribution in [2.24, 2.45) is 0 Å². The number of hydrogen-bond donors (Lipinski definition) is 0. The second-order valence-corrected chi connectivity index (χ2v) is 6.37. The fraction of sp³-hybridized carbons (Fsp3) is 0.471. The molecule has 0 N–H and O–H groups in total. The van der Waals surface area contributed by atoms with Crippen LogP contribution in [0.15, 0.2) is 28.8 Å². The van der Waals surface area contributed by atoms with Gasteiger partial charge in [0.25, 0.3) is 0 Å². The van der Waals surface area contributed by atoms with Crippen molar-refractivity contribution < 1.29 is 13.7 Å². The van der Waals surface area contributed by atoms with Crippen LogP contribution in [-0.4, -0.2) is 34.0 Å². The molecule has 1 aromatic heterocycles. The van der Waals surface area contributed by atoms with Crippen molar-refractivity contribution in [3.8, 4) is 0 Å². The van der Waals surface area contributed by atoms with Gasteiger partial charge in [0.1, 0.15) is 5.82 Å². The predicted octanol–water partition coefficient (Wildman–Crippen LogP) is 2.64. The van der Waals surface area contributed by atoms with Gasteiger partial charge < -0.3 is 9.42 Å². The van der Waals surface area contributed by atoms with Crippen LogP contribution < -0.4 is 0 Å². The molecule has 0 spiro atoms. The van der Waals surface area contributed by atoms with Crippen molar-refractivity contribution in [2.45, 2.75) is 38.5 Å². The number of benzene rings is 1. The smallest absolute Gasteiger partial charge is 0.227 e. The molecule has 1 aliphatic heterocycles. The molecule has 122 valence electrons. The van der Waals surface area contributed by atoms with E-state index in [1.807, 2.05) is 17.0 Å². The van der Waals surface area contributed by atoms with Crippen LogP contribution >= 0.6 is 0 Å². The van der Waals surface area contributed by atoms with Gasteiger partial charge in [-0.3, -0.25) is 4.79 Å². The molecule has 1 saturated heterocycles. The number of aryl methyl sites for hydroxylation is 2. The highest BCUT2D eigenvalue weighted by Gasteiger charge is 2.37. The van der Waals surface area contributed by atoms with E-state index in [-0.39, 0.29) is 17.1 Å². The summed E-state index contributed by atoms with van der Waals surface area (Å²) in [7, 11) is 0. The Morgan fingerprint density at radius 1 is 1.39 bits per heavy atom. The Bertz CT molecular complexity index is 698. The van der Waals surface area contributed by atoms with Gasteiger partial charge in [0.15, 0.2) is 5.82 Å². The van der Waals surface area contributed by atoms with Crippen LogP contribution in [0.25, 0.3) is 0 Å². The molecule has 1 aromatic carbocycles. The third kappa shape index (κ3) is 3.41. The second-order valence-electron chi connectivity index (χ2n) is 6.37. The van der Waals surface area contributed by atoms with Gasteiger partial charge in [-0.2, -0.15) is 4.98 Å². The molecular weight excluding hydrogens is 297 g/mol. The fourth-order valence-corrected chi connectivity index (χ4v) is 3.08. The Hall–Kier alpha value is -2.24. The van der Waals surface area contributed by atoms with Gasteiger partial charge in [-0.15, -0.1) is 0 Å². The summed E-state index contributed by atoms with van der Waals surface area (Å²) >= 11 is 0. The van der Waals surface area contributed by atoms with Gasteiger partial charge in [0.05, 0.1) is 0 Å².